The third-order valence-electron chi connectivity index (χ3n) is 2.16. The molecule has 0 aromatic heterocycles. The van der Waals surface area contributed by atoms with Crippen molar-refractivity contribution in [2.75, 3.05) is 5.75 Å². The van der Waals surface area contributed by atoms with E-state index in [9.17, 15) is 13.2 Å². The van der Waals surface area contributed by atoms with Crippen LogP contribution in [-0.4, -0.2) is 20.0 Å². The second-order valence-electron chi connectivity index (χ2n) is 3.19. The van der Waals surface area contributed by atoms with E-state index >= 15 is 0 Å². The van der Waals surface area contributed by atoms with Crippen molar-refractivity contribution in [2.45, 2.75) is 18.2 Å². The lowest BCUT2D eigenvalue weighted by Gasteiger charge is -2.02. The molecule has 0 aliphatic rings. The first-order valence-electron chi connectivity index (χ1n) is 4.74. The van der Waals surface area contributed by atoms with Crippen molar-refractivity contribution in [1.29, 1.82) is 5.26 Å². The molecule has 0 bridgehead atoms. The molecular weight excluding hydrogens is 226 g/mol. The Kier molecular flexibility index (Phi) is 3.80. The summed E-state index contributed by atoms with van der Waals surface area (Å²) < 4.78 is 22.9. The van der Waals surface area contributed by atoms with Crippen molar-refractivity contribution >= 4 is 15.6 Å². The van der Waals surface area contributed by atoms with Crippen LogP contribution in [0.4, 0.5) is 0 Å². The van der Waals surface area contributed by atoms with Gasteiger partial charge in [-0.05, 0) is 12.1 Å². The zero-order valence-electron chi connectivity index (χ0n) is 8.80. The van der Waals surface area contributed by atoms with Crippen molar-refractivity contribution < 1.29 is 13.2 Å². The second-order valence-corrected chi connectivity index (χ2v) is 5.46. The number of hydrogen-bond donors (Lipinski definition) is 0. The van der Waals surface area contributed by atoms with Gasteiger partial charge in [-0.25, -0.2) is 8.42 Å². The fourth-order valence-corrected chi connectivity index (χ4v) is 2.07. The van der Waals surface area contributed by atoms with Crippen LogP contribution >= 0.6 is 0 Å². The molecule has 4 nitrogen and oxygen atoms in total. The van der Waals surface area contributed by atoms with Gasteiger partial charge in [0.1, 0.15) is 0 Å². The summed E-state index contributed by atoms with van der Waals surface area (Å²) >= 11 is 0. The average molecular weight is 237 g/mol. The molecule has 0 fully saturated rings. The molecule has 5 heteroatoms. The SMILES string of the molecule is CCS(=O)(=O)c1ccc(C(=O)CC#N)cc1. The Morgan fingerprint density at radius 3 is 2.31 bits per heavy atom. The number of sulfone groups is 1. The maximum atomic E-state index is 11.5. The molecule has 0 aliphatic heterocycles. The maximum absolute atomic E-state index is 11.5. The third-order valence-corrected chi connectivity index (χ3v) is 3.91. The van der Waals surface area contributed by atoms with Crippen LogP contribution in [0.3, 0.4) is 0 Å². The van der Waals surface area contributed by atoms with E-state index in [1.807, 2.05) is 0 Å². The number of carbonyl (C=O) groups excluding carboxylic acids is 1. The number of rotatable bonds is 4. The van der Waals surface area contributed by atoms with Crippen LogP contribution < -0.4 is 0 Å². The standard InChI is InChI=1S/C11H11NO3S/c1-2-16(14,15)10-5-3-9(4-6-10)11(13)7-8-12/h3-6H,2,7H2,1H3. The number of carbonyl (C=O) groups is 1. The van der Waals surface area contributed by atoms with Crippen molar-refractivity contribution in [3.05, 3.63) is 29.8 Å². The molecule has 0 heterocycles. The van der Waals surface area contributed by atoms with Crippen molar-refractivity contribution in [2.24, 2.45) is 0 Å². The van der Waals surface area contributed by atoms with E-state index in [1.54, 1.807) is 13.0 Å². The molecule has 0 atom stereocenters. The highest BCUT2D eigenvalue weighted by atomic mass is 32.2. The molecule has 0 N–H and O–H groups in total. The first kappa shape index (κ1) is 12.4. The Bertz CT molecular complexity index is 523. The van der Waals surface area contributed by atoms with Crippen LogP contribution in [0, 0.1) is 11.3 Å². The molecule has 0 radical (unpaired) electrons. The molecule has 0 saturated carbocycles. The minimum atomic E-state index is -3.23. The molecule has 0 saturated heterocycles. The molecule has 84 valence electrons. The van der Waals surface area contributed by atoms with Crippen molar-refractivity contribution in [1.82, 2.24) is 0 Å². The quantitative estimate of drug-likeness (QED) is 0.745. The first-order chi connectivity index (χ1) is 7.51. The van der Waals surface area contributed by atoms with Gasteiger partial charge in [0.05, 0.1) is 23.1 Å². The van der Waals surface area contributed by atoms with E-state index in [1.165, 1.54) is 24.3 Å². The van der Waals surface area contributed by atoms with E-state index in [4.69, 9.17) is 5.26 Å². The lowest BCUT2D eigenvalue weighted by molar-refractivity contribution is 0.0997. The smallest absolute Gasteiger partial charge is 0.178 e. The predicted octanol–water partition coefficient (Wildman–Crippen LogP) is 1.58. The number of nitriles is 1. The largest absolute Gasteiger partial charge is 0.293 e. The van der Waals surface area contributed by atoms with Gasteiger partial charge in [-0.1, -0.05) is 19.1 Å². The zero-order chi connectivity index (χ0) is 12.2. The molecule has 16 heavy (non-hydrogen) atoms. The van der Waals surface area contributed by atoms with Crippen molar-refractivity contribution in [3.8, 4) is 6.07 Å². The summed E-state index contributed by atoms with van der Waals surface area (Å²) in [7, 11) is -3.23. The Morgan fingerprint density at radius 2 is 1.88 bits per heavy atom. The first-order valence-corrected chi connectivity index (χ1v) is 6.39. The summed E-state index contributed by atoms with van der Waals surface area (Å²) in [4.78, 5) is 11.5. The lowest BCUT2D eigenvalue weighted by Crippen LogP contribution is -2.04. The highest BCUT2D eigenvalue weighted by Gasteiger charge is 2.12. The summed E-state index contributed by atoms with van der Waals surface area (Å²) in [6.07, 6.45) is -0.195. The number of nitrogens with zero attached hydrogens (tertiary/aromatic N) is 1. The summed E-state index contributed by atoms with van der Waals surface area (Å²) in [5, 5.41) is 8.35. The van der Waals surface area contributed by atoms with Gasteiger partial charge < -0.3 is 0 Å². The summed E-state index contributed by atoms with van der Waals surface area (Å²) in [6.45, 7) is 1.56. The van der Waals surface area contributed by atoms with Gasteiger partial charge >= 0.3 is 0 Å². The lowest BCUT2D eigenvalue weighted by atomic mass is 10.1. The minimum Gasteiger partial charge on any atom is -0.293 e. The molecule has 0 amide bonds. The molecule has 0 unspecified atom stereocenters. The van der Waals surface area contributed by atoms with Crippen LogP contribution in [-0.2, 0) is 9.84 Å². The Labute approximate surface area is 94.4 Å². The highest BCUT2D eigenvalue weighted by Crippen LogP contribution is 2.13. The molecular formula is C11H11NO3S. The maximum Gasteiger partial charge on any atom is 0.178 e. The Balaban J connectivity index is 3.02. The van der Waals surface area contributed by atoms with Gasteiger partial charge in [0.25, 0.3) is 0 Å². The Hall–Kier alpha value is -1.67. The zero-order valence-corrected chi connectivity index (χ0v) is 9.62. The fraction of sp³-hybridized carbons (Fsp3) is 0.273. The predicted molar refractivity (Wildman–Crippen MR) is 58.7 cm³/mol. The van der Waals surface area contributed by atoms with Crippen LogP contribution in [0.15, 0.2) is 29.2 Å². The van der Waals surface area contributed by atoms with Gasteiger partial charge in [-0.3, -0.25) is 4.79 Å². The monoisotopic (exact) mass is 237 g/mol. The number of benzene rings is 1. The van der Waals surface area contributed by atoms with Gasteiger partial charge in [-0.2, -0.15) is 5.26 Å². The van der Waals surface area contributed by atoms with Crippen LogP contribution in [0.25, 0.3) is 0 Å². The third kappa shape index (κ3) is 2.67. The van der Waals surface area contributed by atoms with E-state index in [2.05, 4.69) is 0 Å². The average Bonchev–Trinajstić information content (AvgIpc) is 2.29. The van der Waals surface area contributed by atoms with Crippen LogP contribution in [0.2, 0.25) is 0 Å². The van der Waals surface area contributed by atoms with E-state index in [-0.39, 0.29) is 22.9 Å². The van der Waals surface area contributed by atoms with Crippen LogP contribution in [0.1, 0.15) is 23.7 Å². The Morgan fingerprint density at radius 1 is 1.31 bits per heavy atom. The van der Waals surface area contributed by atoms with E-state index in [0.717, 1.165) is 0 Å². The number of hydrogen-bond acceptors (Lipinski definition) is 4. The second kappa shape index (κ2) is 4.90. The number of Topliss-reactive ketones (excluding diaryl/α,β-unsaturated/α-hetero) is 1. The van der Waals surface area contributed by atoms with Gasteiger partial charge in [0.15, 0.2) is 15.6 Å². The summed E-state index contributed by atoms with van der Waals surface area (Å²) in [5.41, 5.74) is 0.358. The molecule has 1 aromatic carbocycles. The van der Waals surface area contributed by atoms with Crippen LogP contribution in [0.5, 0.6) is 0 Å². The minimum absolute atomic E-state index is 0.0263. The molecule has 1 aromatic rings. The summed E-state index contributed by atoms with van der Waals surface area (Å²) in [5.74, 6) is -0.277. The topological polar surface area (TPSA) is 75.0 Å². The molecule has 1 rings (SSSR count). The molecule has 0 aliphatic carbocycles. The van der Waals surface area contributed by atoms with Gasteiger partial charge in [-0.15, -0.1) is 0 Å². The van der Waals surface area contributed by atoms with Crippen molar-refractivity contribution in [3.63, 3.8) is 0 Å². The highest BCUT2D eigenvalue weighted by molar-refractivity contribution is 7.91. The fourth-order valence-electron chi connectivity index (χ4n) is 1.19. The summed E-state index contributed by atoms with van der Waals surface area (Å²) in [6, 6.07) is 7.40. The van der Waals surface area contributed by atoms with E-state index < -0.39 is 9.84 Å². The number of ketones is 1. The molecule has 0 spiro atoms. The van der Waals surface area contributed by atoms with Gasteiger partial charge in [0, 0.05) is 5.56 Å². The normalized spacial score (nSPS) is 10.8. The van der Waals surface area contributed by atoms with Gasteiger partial charge in [0.2, 0.25) is 0 Å². The van der Waals surface area contributed by atoms with E-state index in [0.29, 0.717) is 5.56 Å².